The number of carbonyl (C=O) groups is 1. The van der Waals surface area contributed by atoms with Crippen LogP contribution >= 0.6 is 11.6 Å². The largest absolute Gasteiger partial charge is 0.491 e. The van der Waals surface area contributed by atoms with Gasteiger partial charge in [-0.05, 0) is 37.5 Å². The second-order valence-corrected chi connectivity index (χ2v) is 7.68. The molecule has 1 aromatic rings. The lowest BCUT2D eigenvalue weighted by Crippen LogP contribution is -2.34. The molecule has 2 rings (SSSR count). The molecule has 4 N–H and O–H groups in total. The number of allylic oxidation sites excluding steroid dienone is 2. The van der Waals surface area contributed by atoms with Crippen molar-refractivity contribution in [2.24, 2.45) is 5.92 Å². The fourth-order valence-corrected chi connectivity index (χ4v) is 3.53. The van der Waals surface area contributed by atoms with Crippen molar-refractivity contribution in [3.8, 4) is 5.75 Å². The molecule has 162 valence electrons. The molecule has 1 saturated carbocycles. The van der Waals surface area contributed by atoms with Gasteiger partial charge in [-0.2, -0.15) is 0 Å². The zero-order valence-electron chi connectivity index (χ0n) is 16.2. The summed E-state index contributed by atoms with van der Waals surface area (Å²) >= 11 is 5.89. The molecule has 0 spiro atoms. The number of aliphatic hydroxyl groups is 3. The van der Waals surface area contributed by atoms with Gasteiger partial charge in [-0.1, -0.05) is 29.8 Å². The van der Waals surface area contributed by atoms with Crippen molar-refractivity contribution in [3.63, 3.8) is 0 Å². The van der Waals surface area contributed by atoms with E-state index in [0.717, 1.165) is 0 Å². The smallest absolute Gasteiger partial charge is 0.303 e. The number of unbranched alkanes of at least 4 members (excludes halogenated alkanes) is 1. The summed E-state index contributed by atoms with van der Waals surface area (Å²) in [6, 6.07) is 6.85. The molecule has 1 aromatic carbocycles. The van der Waals surface area contributed by atoms with Crippen LogP contribution in [0.3, 0.4) is 0 Å². The monoisotopic (exact) mass is 428 g/mol. The van der Waals surface area contributed by atoms with E-state index in [9.17, 15) is 20.1 Å². The Morgan fingerprint density at radius 2 is 2.03 bits per heavy atom. The zero-order chi connectivity index (χ0) is 21.2. The van der Waals surface area contributed by atoms with Gasteiger partial charge >= 0.3 is 5.97 Å². The number of hydrogen-bond donors (Lipinski definition) is 4. The molecule has 7 nitrogen and oxygen atoms in total. The standard InChI is InChI=1S/C21H29ClO7/c22-14-6-5-7-16(10-14)28-12-15(23)13-29-21-17(18(24)11-19(21)25)8-3-1-2-4-9-20(26)27/h1,3,5-7,10,15,17-19,21,23-25H,2,4,8-9,11-13H2,(H,26,27)/b3-1+. The first-order valence-corrected chi connectivity index (χ1v) is 10.2. The normalized spacial score (nSPS) is 25.4. The van der Waals surface area contributed by atoms with Crippen molar-refractivity contribution in [3.05, 3.63) is 41.4 Å². The summed E-state index contributed by atoms with van der Waals surface area (Å²) in [6.45, 7) is -0.0201. The van der Waals surface area contributed by atoms with Crippen molar-refractivity contribution in [2.75, 3.05) is 13.2 Å². The summed E-state index contributed by atoms with van der Waals surface area (Å²) in [5, 5.41) is 39.6. The minimum Gasteiger partial charge on any atom is -0.491 e. The Kier molecular flexibility index (Phi) is 9.90. The van der Waals surface area contributed by atoms with E-state index >= 15 is 0 Å². The van der Waals surface area contributed by atoms with Crippen molar-refractivity contribution in [1.29, 1.82) is 0 Å². The van der Waals surface area contributed by atoms with Crippen LogP contribution < -0.4 is 4.74 Å². The van der Waals surface area contributed by atoms with E-state index in [1.807, 2.05) is 12.2 Å². The minimum atomic E-state index is -0.897. The molecule has 5 unspecified atom stereocenters. The zero-order valence-corrected chi connectivity index (χ0v) is 16.9. The van der Waals surface area contributed by atoms with Gasteiger partial charge in [0.05, 0.1) is 24.9 Å². The van der Waals surface area contributed by atoms with Gasteiger partial charge in [-0.3, -0.25) is 4.79 Å². The number of ether oxygens (including phenoxy) is 2. The molecule has 0 saturated heterocycles. The number of aliphatic carboxylic acids is 1. The number of aliphatic hydroxyl groups excluding tert-OH is 3. The van der Waals surface area contributed by atoms with E-state index in [-0.39, 0.29) is 32.0 Å². The van der Waals surface area contributed by atoms with E-state index in [0.29, 0.717) is 30.0 Å². The second kappa shape index (κ2) is 12.1. The van der Waals surface area contributed by atoms with Gasteiger partial charge in [0, 0.05) is 23.8 Å². The summed E-state index contributed by atoms with van der Waals surface area (Å²) in [5.41, 5.74) is 0. The van der Waals surface area contributed by atoms with Gasteiger partial charge in [0.25, 0.3) is 0 Å². The quantitative estimate of drug-likeness (QED) is 0.298. The highest BCUT2D eigenvalue weighted by molar-refractivity contribution is 6.30. The molecule has 0 aromatic heterocycles. The summed E-state index contributed by atoms with van der Waals surface area (Å²) in [5.74, 6) is -0.570. The van der Waals surface area contributed by atoms with Crippen LogP contribution in [0.5, 0.6) is 5.75 Å². The van der Waals surface area contributed by atoms with Crippen LogP contribution in [0, 0.1) is 5.92 Å². The third-order valence-electron chi connectivity index (χ3n) is 4.83. The first-order chi connectivity index (χ1) is 13.9. The van der Waals surface area contributed by atoms with Gasteiger partial charge in [-0.25, -0.2) is 0 Å². The fourth-order valence-electron chi connectivity index (χ4n) is 3.35. The first kappa shape index (κ1) is 23.6. The van der Waals surface area contributed by atoms with Crippen molar-refractivity contribution in [1.82, 2.24) is 0 Å². The summed E-state index contributed by atoms with van der Waals surface area (Å²) in [6.07, 6.45) is 2.81. The Hall–Kier alpha value is -1.64. The predicted octanol–water partition coefficient (Wildman–Crippen LogP) is 2.41. The van der Waals surface area contributed by atoms with E-state index in [1.54, 1.807) is 24.3 Å². The van der Waals surface area contributed by atoms with Crippen LogP contribution in [0.1, 0.15) is 32.1 Å². The molecule has 29 heavy (non-hydrogen) atoms. The third-order valence-corrected chi connectivity index (χ3v) is 5.07. The maximum absolute atomic E-state index is 10.5. The molecule has 1 aliphatic carbocycles. The average molecular weight is 429 g/mol. The molecule has 0 radical (unpaired) electrons. The number of carboxylic acids is 1. The molecule has 5 atom stereocenters. The fraction of sp³-hybridized carbons (Fsp3) is 0.571. The second-order valence-electron chi connectivity index (χ2n) is 7.25. The number of carboxylic acid groups (broad SMARTS) is 1. The maximum Gasteiger partial charge on any atom is 0.303 e. The van der Waals surface area contributed by atoms with Crippen LogP contribution in [0.25, 0.3) is 0 Å². The Morgan fingerprint density at radius 3 is 2.76 bits per heavy atom. The molecule has 0 heterocycles. The summed E-state index contributed by atoms with van der Waals surface area (Å²) in [7, 11) is 0. The molecule has 0 amide bonds. The first-order valence-electron chi connectivity index (χ1n) is 9.77. The van der Waals surface area contributed by atoms with E-state index < -0.39 is 30.4 Å². The minimum absolute atomic E-state index is 0.0137. The molecular formula is C21H29ClO7. The number of rotatable bonds is 12. The van der Waals surface area contributed by atoms with E-state index in [4.69, 9.17) is 26.2 Å². The molecule has 1 aliphatic rings. The van der Waals surface area contributed by atoms with Gasteiger partial charge in [0.15, 0.2) is 0 Å². The Balaban J connectivity index is 1.75. The summed E-state index contributed by atoms with van der Waals surface area (Å²) < 4.78 is 11.2. The molecule has 8 heteroatoms. The molecular weight excluding hydrogens is 400 g/mol. The lowest BCUT2D eigenvalue weighted by Gasteiger charge is -2.24. The lowest BCUT2D eigenvalue weighted by atomic mass is 9.98. The SMILES string of the molecule is O=C(O)CCC/C=C/CC1C(O)CC(O)C1OCC(O)COc1cccc(Cl)c1. The number of hydrogen-bond acceptors (Lipinski definition) is 6. The van der Waals surface area contributed by atoms with Crippen molar-refractivity contribution >= 4 is 17.6 Å². The van der Waals surface area contributed by atoms with Crippen LogP contribution in [-0.4, -0.2) is 64.0 Å². The van der Waals surface area contributed by atoms with Gasteiger partial charge in [-0.15, -0.1) is 0 Å². The highest BCUT2D eigenvalue weighted by Gasteiger charge is 2.42. The number of halogens is 1. The van der Waals surface area contributed by atoms with Crippen LogP contribution in [0.15, 0.2) is 36.4 Å². The Labute approximate surface area is 175 Å². The molecule has 1 fully saturated rings. The van der Waals surface area contributed by atoms with Crippen LogP contribution in [0.4, 0.5) is 0 Å². The van der Waals surface area contributed by atoms with Crippen molar-refractivity contribution in [2.45, 2.75) is 56.5 Å². The van der Waals surface area contributed by atoms with Crippen LogP contribution in [-0.2, 0) is 9.53 Å². The summed E-state index contributed by atoms with van der Waals surface area (Å²) in [4.78, 5) is 10.5. The predicted molar refractivity (Wildman–Crippen MR) is 108 cm³/mol. The third kappa shape index (κ3) is 8.32. The van der Waals surface area contributed by atoms with Crippen LogP contribution in [0.2, 0.25) is 5.02 Å². The molecule has 0 aliphatic heterocycles. The Bertz CT molecular complexity index is 666. The topological polar surface area (TPSA) is 116 Å². The van der Waals surface area contributed by atoms with Gasteiger partial charge in [0.2, 0.25) is 0 Å². The highest BCUT2D eigenvalue weighted by Crippen LogP contribution is 2.32. The van der Waals surface area contributed by atoms with Crippen molar-refractivity contribution < 1.29 is 34.7 Å². The average Bonchev–Trinajstić information content (AvgIpc) is 2.93. The maximum atomic E-state index is 10.5. The number of benzene rings is 1. The lowest BCUT2D eigenvalue weighted by molar-refractivity contribution is -0.137. The highest BCUT2D eigenvalue weighted by atomic mass is 35.5. The van der Waals surface area contributed by atoms with E-state index in [2.05, 4.69) is 0 Å². The Morgan fingerprint density at radius 1 is 1.24 bits per heavy atom. The van der Waals surface area contributed by atoms with E-state index in [1.165, 1.54) is 0 Å². The van der Waals surface area contributed by atoms with Gasteiger partial charge in [0.1, 0.15) is 18.5 Å². The van der Waals surface area contributed by atoms with Gasteiger partial charge < -0.3 is 29.9 Å². The molecule has 0 bridgehead atoms.